The van der Waals surface area contributed by atoms with Crippen molar-refractivity contribution >= 4 is 23.4 Å². The Hall–Kier alpha value is -3.00. The number of thioether (sulfide) groups is 1. The molecule has 3 aromatic rings. The minimum Gasteiger partial charge on any atom is -0.497 e. The molecule has 1 aromatic heterocycles. The predicted octanol–water partition coefficient (Wildman–Crippen LogP) is 4.28. The molecule has 1 heterocycles. The molecule has 0 radical (unpaired) electrons. The lowest BCUT2D eigenvalue weighted by molar-refractivity contribution is -0.115. The third kappa shape index (κ3) is 4.43. The van der Waals surface area contributed by atoms with Gasteiger partial charge in [-0.3, -0.25) is 9.36 Å². The summed E-state index contributed by atoms with van der Waals surface area (Å²) < 4.78 is 12.6. The maximum Gasteiger partial charge on any atom is 0.237 e. The number of carbonyl (C=O) groups excluding carboxylic acids is 1. The number of para-hydroxylation sites is 1. The van der Waals surface area contributed by atoms with Crippen molar-refractivity contribution < 1.29 is 14.3 Å². The Kier molecular flexibility index (Phi) is 5.94. The number of hydrogen-bond donors (Lipinski definition) is 1. The van der Waals surface area contributed by atoms with Gasteiger partial charge in [0, 0.05) is 35.5 Å². The molecule has 1 aliphatic rings. The minimum absolute atomic E-state index is 0.133. The van der Waals surface area contributed by atoms with Crippen LogP contribution in [-0.2, 0) is 4.79 Å². The van der Waals surface area contributed by atoms with Crippen LogP contribution in [0.15, 0.2) is 53.7 Å². The van der Waals surface area contributed by atoms with Gasteiger partial charge in [-0.2, -0.15) is 0 Å². The molecule has 0 spiro atoms. The van der Waals surface area contributed by atoms with Gasteiger partial charge in [0.1, 0.15) is 17.3 Å². The van der Waals surface area contributed by atoms with Crippen LogP contribution in [0.1, 0.15) is 31.5 Å². The Balaban J connectivity index is 1.53. The number of benzene rings is 2. The number of rotatable bonds is 8. The molecule has 8 heteroatoms. The summed E-state index contributed by atoms with van der Waals surface area (Å²) in [5.74, 6) is 2.51. The number of ether oxygens (including phenoxy) is 2. The van der Waals surface area contributed by atoms with E-state index >= 15 is 0 Å². The van der Waals surface area contributed by atoms with Gasteiger partial charge in [0.25, 0.3) is 0 Å². The lowest BCUT2D eigenvalue weighted by Crippen LogP contribution is -2.23. The molecule has 1 atom stereocenters. The van der Waals surface area contributed by atoms with Gasteiger partial charge in [-0.1, -0.05) is 30.0 Å². The number of carbonyl (C=O) groups is 1. The summed E-state index contributed by atoms with van der Waals surface area (Å²) in [5, 5.41) is 12.1. The highest BCUT2D eigenvalue weighted by molar-refractivity contribution is 8.00. The number of amides is 1. The number of nitrogens with zero attached hydrogens (tertiary/aromatic N) is 3. The number of anilines is 1. The molecule has 1 amide bonds. The van der Waals surface area contributed by atoms with Crippen LogP contribution in [0, 0.1) is 0 Å². The Bertz CT molecular complexity index is 1010. The van der Waals surface area contributed by atoms with Crippen LogP contribution < -0.4 is 14.8 Å². The van der Waals surface area contributed by atoms with Gasteiger partial charge in [-0.15, -0.1) is 10.2 Å². The fourth-order valence-corrected chi connectivity index (χ4v) is 3.99. The smallest absolute Gasteiger partial charge is 0.237 e. The molecular formula is C22H24N4O3S. The van der Waals surface area contributed by atoms with Crippen molar-refractivity contribution in [1.29, 1.82) is 0 Å². The van der Waals surface area contributed by atoms with E-state index in [-0.39, 0.29) is 11.2 Å². The molecule has 1 aliphatic carbocycles. The largest absolute Gasteiger partial charge is 0.497 e. The summed E-state index contributed by atoms with van der Waals surface area (Å²) in [6.45, 7) is 1.86. The van der Waals surface area contributed by atoms with E-state index in [9.17, 15) is 4.79 Å². The zero-order valence-corrected chi connectivity index (χ0v) is 18.0. The number of aromatic nitrogens is 3. The van der Waals surface area contributed by atoms with E-state index in [4.69, 9.17) is 9.47 Å². The second-order valence-corrected chi connectivity index (χ2v) is 8.44. The van der Waals surface area contributed by atoms with Crippen molar-refractivity contribution in [2.24, 2.45) is 0 Å². The van der Waals surface area contributed by atoms with Gasteiger partial charge >= 0.3 is 0 Å². The maximum atomic E-state index is 12.8. The number of hydrogen-bond acceptors (Lipinski definition) is 6. The van der Waals surface area contributed by atoms with Crippen LogP contribution >= 0.6 is 11.8 Å². The molecule has 0 aliphatic heterocycles. The normalized spacial score (nSPS) is 14.2. The highest BCUT2D eigenvalue weighted by Gasteiger charge is 2.31. The van der Waals surface area contributed by atoms with Gasteiger partial charge in [0.2, 0.25) is 5.91 Å². The summed E-state index contributed by atoms with van der Waals surface area (Å²) >= 11 is 1.39. The van der Waals surface area contributed by atoms with Crippen molar-refractivity contribution in [2.45, 2.75) is 36.1 Å². The van der Waals surface area contributed by atoms with Crippen molar-refractivity contribution in [2.75, 3.05) is 19.5 Å². The quantitative estimate of drug-likeness (QED) is 0.544. The van der Waals surface area contributed by atoms with E-state index in [2.05, 4.69) is 20.1 Å². The SMILES string of the molecule is COc1cc(NC(=O)C(C)Sc2nnc(C3CC3)n2-c2ccccc2)cc(OC)c1. The molecular weight excluding hydrogens is 400 g/mol. The standard InChI is InChI=1S/C22H24N4O3S/c1-14(21(27)23-16-11-18(28-2)13-19(12-16)29-3)30-22-25-24-20(15-9-10-15)26(22)17-7-5-4-6-8-17/h4-8,11-15H,9-10H2,1-3H3,(H,23,27). The first kappa shape index (κ1) is 20.3. The van der Waals surface area contributed by atoms with Gasteiger partial charge in [0.15, 0.2) is 5.16 Å². The van der Waals surface area contributed by atoms with Crippen molar-refractivity contribution in [1.82, 2.24) is 14.8 Å². The first-order chi connectivity index (χ1) is 14.6. The molecule has 30 heavy (non-hydrogen) atoms. The second kappa shape index (κ2) is 8.79. The van der Waals surface area contributed by atoms with Gasteiger partial charge in [-0.25, -0.2) is 0 Å². The van der Waals surface area contributed by atoms with Crippen LogP contribution in [0.5, 0.6) is 11.5 Å². The van der Waals surface area contributed by atoms with Crippen molar-refractivity contribution in [3.8, 4) is 17.2 Å². The van der Waals surface area contributed by atoms with E-state index in [0.29, 0.717) is 28.3 Å². The zero-order chi connectivity index (χ0) is 21.1. The Morgan fingerprint density at radius 3 is 2.37 bits per heavy atom. The molecule has 156 valence electrons. The first-order valence-electron chi connectivity index (χ1n) is 9.80. The average molecular weight is 425 g/mol. The van der Waals surface area contributed by atoms with Crippen LogP contribution in [0.4, 0.5) is 5.69 Å². The third-order valence-electron chi connectivity index (χ3n) is 4.89. The summed E-state index contributed by atoms with van der Waals surface area (Å²) in [6, 6.07) is 15.3. The highest BCUT2D eigenvalue weighted by Crippen LogP contribution is 2.41. The number of methoxy groups -OCH3 is 2. The van der Waals surface area contributed by atoms with Crippen LogP contribution in [0.25, 0.3) is 5.69 Å². The lowest BCUT2D eigenvalue weighted by atomic mass is 10.2. The molecule has 1 N–H and O–H groups in total. The molecule has 0 bridgehead atoms. The third-order valence-corrected chi connectivity index (χ3v) is 5.93. The van der Waals surface area contributed by atoms with E-state index in [1.165, 1.54) is 11.8 Å². The van der Waals surface area contributed by atoms with Crippen molar-refractivity contribution in [3.63, 3.8) is 0 Å². The molecule has 1 fully saturated rings. The topological polar surface area (TPSA) is 78.3 Å². The van der Waals surface area contributed by atoms with Gasteiger partial charge in [0.05, 0.1) is 19.5 Å². The zero-order valence-electron chi connectivity index (χ0n) is 17.2. The van der Waals surface area contributed by atoms with Gasteiger partial charge in [-0.05, 0) is 31.9 Å². The van der Waals surface area contributed by atoms with Crippen molar-refractivity contribution in [3.05, 3.63) is 54.4 Å². The minimum atomic E-state index is -0.374. The predicted molar refractivity (Wildman–Crippen MR) is 117 cm³/mol. The second-order valence-electron chi connectivity index (χ2n) is 7.14. The summed E-state index contributed by atoms with van der Waals surface area (Å²) in [6.07, 6.45) is 2.26. The Morgan fingerprint density at radius 2 is 1.77 bits per heavy atom. The first-order valence-corrected chi connectivity index (χ1v) is 10.7. The summed E-state index contributed by atoms with van der Waals surface area (Å²) in [4.78, 5) is 12.8. The van der Waals surface area contributed by atoms with Crippen LogP contribution in [0.3, 0.4) is 0 Å². The summed E-state index contributed by atoms with van der Waals surface area (Å²) in [5.41, 5.74) is 1.63. The molecule has 0 saturated heterocycles. The highest BCUT2D eigenvalue weighted by atomic mass is 32.2. The molecule has 7 nitrogen and oxygen atoms in total. The lowest BCUT2D eigenvalue weighted by Gasteiger charge is -2.15. The van der Waals surface area contributed by atoms with E-state index in [1.807, 2.05) is 37.3 Å². The van der Waals surface area contributed by atoms with Crippen LogP contribution in [0.2, 0.25) is 0 Å². The molecule has 4 rings (SSSR count). The van der Waals surface area contributed by atoms with E-state index in [0.717, 1.165) is 24.4 Å². The fraction of sp³-hybridized carbons (Fsp3) is 0.318. The maximum absolute atomic E-state index is 12.8. The molecule has 1 unspecified atom stereocenters. The fourth-order valence-electron chi connectivity index (χ4n) is 3.12. The average Bonchev–Trinajstić information content (AvgIpc) is 3.54. The number of nitrogens with one attached hydrogen (secondary N) is 1. The van der Waals surface area contributed by atoms with E-state index in [1.54, 1.807) is 32.4 Å². The molecule has 2 aromatic carbocycles. The van der Waals surface area contributed by atoms with E-state index < -0.39 is 0 Å². The van der Waals surface area contributed by atoms with Crippen LogP contribution in [-0.4, -0.2) is 40.1 Å². The Labute approximate surface area is 179 Å². The monoisotopic (exact) mass is 424 g/mol. The van der Waals surface area contributed by atoms with Gasteiger partial charge < -0.3 is 14.8 Å². The molecule has 1 saturated carbocycles. The summed E-state index contributed by atoms with van der Waals surface area (Å²) in [7, 11) is 3.15. The Morgan fingerprint density at radius 1 is 1.10 bits per heavy atom.